The van der Waals surface area contributed by atoms with Crippen molar-refractivity contribution >= 4 is 17.1 Å². The van der Waals surface area contributed by atoms with Gasteiger partial charge in [0.15, 0.2) is 5.78 Å². The van der Waals surface area contributed by atoms with E-state index in [1.165, 1.54) is 4.88 Å². The fourth-order valence-corrected chi connectivity index (χ4v) is 3.05. The summed E-state index contributed by atoms with van der Waals surface area (Å²) < 4.78 is 5.73. The smallest absolute Gasteiger partial charge is 0.171 e. The Balaban J connectivity index is 2.84. The molecule has 0 unspecified atom stereocenters. The molecule has 0 saturated heterocycles. The molecule has 0 spiro atoms. The van der Waals surface area contributed by atoms with E-state index in [1.807, 2.05) is 34.6 Å². The molecule has 0 aromatic carbocycles. The van der Waals surface area contributed by atoms with E-state index in [9.17, 15) is 4.79 Å². The van der Waals surface area contributed by atoms with Gasteiger partial charge >= 0.3 is 0 Å². The molecule has 4 heteroatoms. The summed E-state index contributed by atoms with van der Waals surface area (Å²) in [5.74, 6) is 0.156. The van der Waals surface area contributed by atoms with Gasteiger partial charge < -0.3 is 4.74 Å². The lowest BCUT2D eigenvalue weighted by atomic mass is 9.90. The predicted molar refractivity (Wildman–Crippen MR) is 75.2 cm³/mol. The van der Waals surface area contributed by atoms with Gasteiger partial charge in [-0.25, -0.2) is 4.98 Å². The first kappa shape index (κ1) is 15.3. The molecule has 0 atom stereocenters. The van der Waals surface area contributed by atoms with E-state index in [-0.39, 0.29) is 5.78 Å². The Morgan fingerprint density at radius 2 is 1.89 bits per heavy atom. The monoisotopic (exact) mass is 269 g/mol. The maximum Gasteiger partial charge on any atom is 0.171 e. The number of thiazole rings is 1. The summed E-state index contributed by atoms with van der Waals surface area (Å²) in [5, 5.41) is 0.904. The molecular weight excluding hydrogens is 246 g/mol. The van der Waals surface area contributed by atoms with Gasteiger partial charge in [0.25, 0.3) is 0 Å². The highest BCUT2D eigenvalue weighted by atomic mass is 32.1. The number of carbonyl (C=O) groups excluding carboxylic acids is 1. The highest BCUT2D eigenvalue weighted by molar-refractivity contribution is 7.11. The zero-order valence-corrected chi connectivity index (χ0v) is 12.8. The fourth-order valence-electron chi connectivity index (χ4n) is 2.12. The van der Waals surface area contributed by atoms with Crippen molar-refractivity contribution in [1.29, 1.82) is 0 Å². The van der Waals surface area contributed by atoms with E-state index >= 15 is 0 Å². The van der Waals surface area contributed by atoms with Crippen molar-refractivity contribution in [3.8, 4) is 0 Å². The van der Waals surface area contributed by atoms with E-state index < -0.39 is 5.60 Å². The number of aromatic nitrogens is 1. The minimum Gasteiger partial charge on any atom is -0.368 e. The molecule has 0 aliphatic carbocycles. The summed E-state index contributed by atoms with van der Waals surface area (Å²) in [6.45, 7) is 10.5. The van der Waals surface area contributed by atoms with Crippen LogP contribution in [-0.2, 0) is 16.0 Å². The number of ketones is 1. The van der Waals surface area contributed by atoms with Crippen LogP contribution in [0, 0.1) is 13.8 Å². The molecule has 0 bridgehead atoms. The topological polar surface area (TPSA) is 39.2 Å². The quantitative estimate of drug-likeness (QED) is 0.761. The largest absolute Gasteiger partial charge is 0.368 e. The molecule has 1 aromatic rings. The molecule has 0 fully saturated rings. The van der Waals surface area contributed by atoms with Crippen molar-refractivity contribution in [1.82, 2.24) is 4.98 Å². The molecule has 0 saturated carbocycles. The number of hydrogen-bond acceptors (Lipinski definition) is 4. The van der Waals surface area contributed by atoms with E-state index in [4.69, 9.17) is 4.74 Å². The molecule has 1 heterocycles. The molecule has 3 nitrogen and oxygen atoms in total. The molecule has 0 radical (unpaired) electrons. The van der Waals surface area contributed by atoms with Crippen molar-refractivity contribution in [3.05, 3.63) is 15.6 Å². The van der Waals surface area contributed by atoms with E-state index in [1.54, 1.807) is 11.3 Å². The van der Waals surface area contributed by atoms with Crippen LogP contribution in [0.4, 0.5) is 0 Å². The lowest BCUT2D eigenvalue weighted by Gasteiger charge is -2.29. The Kier molecular flexibility index (Phi) is 5.47. The predicted octanol–water partition coefficient (Wildman–Crippen LogP) is 3.47. The second-order valence-corrected chi connectivity index (χ2v) is 5.77. The second-order valence-electron chi connectivity index (χ2n) is 4.48. The number of nitrogens with zero attached hydrogens (tertiary/aromatic N) is 1. The molecule has 0 amide bonds. The fraction of sp³-hybridized carbons (Fsp3) is 0.714. The third-order valence-electron chi connectivity index (χ3n) is 3.46. The lowest BCUT2D eigenvalue weighted by Crippen LogP contribution is -2.41. The van der Waals surface area contributed by atoms with Crippen LogP contribution in [-0.4, -0.2) is 23.0 Å². The number of hydrogen-bond donors (Lipinski definition) is 0. The number of aryl methyl sites for hydroxylation is 2. The van der Waals surface area contributed by atoms with Gasteiger partial charge in [-0.05, 0) is 33.6 Å². The van der Waals surface area contributed by atoms with Gasteiger partial charge in [-0.1, -0.05) is 13.8 Å². The van der Waals surface area contributed by atoms with Crippen molar-refractivity contribution in [2.45, 2.75) is 59.5 Å². The van der Waals surface area contributed by atoms with E-state index in [0.717, 1.165) is 23.5 Å². The van der Waals surface area contributed by atoms with Gasteiger partial charge in [-0.15, -0.1) is 11.3 Å². The van der Waals surface area contributed by atoms with Crippen LogP contribution in [0.1, 0.15) is 49.2 Å². The summed E-state index contributed by atoms with van der Waals surface area (Å²) in [6.07, 6.45) is 1.83. The molecule has 1 aromatic heterocycles. The van der Waals surface area contributed by atoms with Gasteiger partial charge in [-0.3, -0.25) is 4.79 Å². The lowest BCUT2D eigenvalue weighted by molar-refractivity contribution is -0.144. The first-order valence-electron chi connectivity index (χ1n) is 6.59. The highest BCUT2D eigenvalue weighted by Gasteiger charge is 2.35. The maximum atomic E-state index is 12.4. The normalized spacial score (nSPS) is 11.8. The first-order chi connectivity index (χ1) is 8.49. The molecule has 0 aliphatic rings. The Labute approximate surface area is 114 Å². The zero-order chi connectivity index (χ0) is 13.8. The SMILES string of the molecule is CCOC(CC)(CC)C(=O)Cc1nc(C)c(C)s1. The van der Waals surface area contributed by atoms with Gasteiger partial charge in [0.05, 0.1) is 12.1 Å². The molecular formula is C14H23NO2S. The van der Waals surface area contributed by atoms with Gasteiger partial charge in [0, 0.05) is 11.5 Å². The summed E-state index contributed by atoms with van der Waals surface area (Å²) in [7, 11) is 0. The zero-order valence-electron chi connectivity index (χ0n) is 12.0. The summed E-state index contributed by atoms with van der Waals surface area (Å²) >= 11 is 1.61. The Morgan fingerprint density at radius 3 is 2.28 bits per heavy atom. The molecule has 0 aliphatic heterocycles. The molecule has 1 rings (SSSR count). The molecule has 18 heavy (non-hydrogen) atoms. The van der Waals surface area contributed by atoms with Crippen LogP contribution in [0.5, 0.6) is 0 Å². The standard InChI is InChI=1S/C14H23NO2S/c1-6-14(7-2,17-8-3)12(16)9-13-15-10(4)11(5)18-13/h6-9H2,1-5H3. The number of ether oxygens (including phenoxy) is 1. The number of rotatable bonds is 7. The van der Waals surface area contributed by atoms with Gasteiger partial charge in [0.1, 0.15) is 10.6 Å². The van der Waals surface area contributed by atoms with Crippen molar-refractivity contribution in [2.75, 3.05) is 6.61 Å². The van der Waals surface area contributed by atoms with Crippen molar-refractivity contribution < 1.29 is 9.53 Å². The Hall–Kier alpha value is -0.740. The number of Topliss-reactive ketones (excluding diaryl/α,β-unsaturated/α-hetero) is 1. The van der Waals surface area contributed by atoms with Crippen molar-refractivity contribution in [3.63, 3.8) is 0 Å². The van der Waals surface area contributed by atoms with Gasteiger partial charge in [-0.2, -0.15) is 0 Å². The average Bonchev–Trinajstić information content (AvgIpc) is 2.65. The second kappa shape index (κ2) is 6.43. The van der Waals surface area contributed by atoms with Crippen molar-refractivity contribution in [2.24, 2.45) is 0 Å². The van der Waals surface area contributed by atoms with Crippen LogP contribution < -0.4 is 0 Å². The average molecular weight is 269 g/mol. The summed E-state index contributed by atoms with van der Waals surface area (Å²) in [6, 6.07) is 0. The summed E-state index contributed by atoms with van der Waals surface area (Å²) in [5.41, 5.74) is 0.403. The minimum absolute atomic E-state index is 0.156. The summed E-state index contributed by atoms with van der Waals surface area (Å²) in [4.78, 5) is 18.1. The van der Waals surface area contributed by atoms with Gasteiger partial charge in [0.2, 0.25) is 0 Å². The van der Waals surface area contributed by atoms with Crippen LogP contribution in [0.2, 0.25) is 0 Å². The van der Waals surface area contributed by atoms with E-state index in [2.05, 4.69) is 4.98 Å². The van der Waals surface area contributed by atoms with E-state index in [0.29, 0.717) is 13.0 Å². The Bertz CT molecular complexity index is 388. The highest BCUT2D eigenvalue weighted by Crippen LogP contribution is 2.25. The van der Waals surface area contributed by atoms with Crippen LogP contribution in [0.15, 0.2) is 0 Å². The third kappa shape index (κ3) is 3.18. The first-order valence-corrected chi connectivity index (χ1v) is 7.40. The third-order valence-corrected chi connectivity index (χ3v) is 4.53. The molecule has 102 valence electrons. The molecule has 0 N–H and O–H groups in total. The Morgan fingerprint density at radius 1 is 1.28 bits per heavy atom. The van der Waals surface area contributed by atoms with Crippen LogP contribution >= 0.6 is 11.3 Å². The maximum absolute atomic E-state index is 12.4. The van der Waals surface area contributed by atoms with Crippen LogP contribution in [0.25, 0.3) is 0 Å². The number of carbonyl (C=O) groups is 1. The van der Waals surface area contributed by atoms with Crippen LogP contribution in [0.3, 0.4) is 0 Å². The minimum atomic E-state index is -0.623.